The fraction of sp³-hybridized carbons (Fsp3) is 1.00. The van der Waals surface area contributed by atoms with Crippen LogP contribution in [0.15, 0.2) is 0 Å². The van der Waals surface area contributed by atoms with Crippen molar-refractivity contribution in [2.45, 2.75) is 21.3 Å². The second-order valence-electron chi connectivity index (χ2n) is 1.95. The highest BCUT2D eigenvalue weighted by Gasteiger charge is 2.03. The maximum atomic E-state index is 2.42. The lowest BCUT2D eigenvalue weighted by atomic mass is 11.0. The molecule has 0 N–H and O–H groups in total. The molecule has 0 bridgehead atoms. The van der Waals surface area contributed by atoms with Gasteiger partial charge >= 0.3 is 0 Å². The van der Waals surface area contributed by atoms with Gasteiger partial charge in [0.15, 0.2) is 0 Å². The molecule has 9 heavy (non-hydrogen) atoms. The van der Waals surface area contributed by atoms with Gasteiger partial charge in [0.25, 0.3) is 0 Å². The Labute approximate surface area is 62.8 Å². The third-order valence-electron chi connectivity index (χ3n) is 1.50. The molecule has 0 spiro atoms. The third-order valence-corrected chi connectivity index (χ3v) is 9.69. The highest BCUT2D eigenvalue weighted by atomic mass is 32.1. The zero-order valence-electron chi connectivity index (χ0n) is 6.31. The van der Waals surface area contributed by atoms with Crippen LogP contribution in [0.1, 0.15) is 21.3 Å². The van der Waals surface area contributed by atoms with Crippen LogP contribution < -0.4 is 0 Å². The summed E-state index contributed by atoms with van der Waals surface area (Å²) >= 11 is 0. The van der Waals surface area contributed by atoms with Crippen LogP contribution in [-0.4, -0.2) is 25.7 Å². The van der Waals surface area contributed by atoms with Gasteiger partial charge in [0.2, 0.25) is 0 Å². The fourth-order valence-electron chi connectivity index (χ4n) is 0.483. The first-order valence-corrected chi connectivity index (χ1v) is 7.79. The van der Waals surface area contributed by atoms with E-state index in [2.05, 4.69) is 27.2 Å². The fourth-order valence-corrected chi connectivity index (χ4v) is 4.35. The Morgan fingerprint density at radius 2 is 1.11 bits per heavy atom. The van der Waals surface area contributed by atoms with Crippen molar-refractivity contribution in [1.29, 1.82) is 0 Å². The number of rotatable bonds is 3. The van der Waals surface area contributed by atoms with Crippen molar-refractivity contribution in [3.63, 3.8) is 0 Å². The summed E-state index contributed by atoms with van der Waals surface area (Å²) in [4.78, 5) is 0. The molecular formula is C7H20P2. The zero-order valence-corrected chi connectivity index (χ0v) is 8.10. The minimum atomic E-state index is 0. The highest BCUT2D eigenvalue weighted by Crippen LogP contribution is 2.63. The molecule has 2 unspecified atom stereocenters. The molecule has 0 amide bonds. The molecule has 0 rings (SSSR count). The van der Waals surface area contributed by atoms with E-state index in [-0.39, 0.29) is 7.43 Å². The van der Waals surface area contributed by atoms with Crippen molar-refractivity contribution in [3.8, 4) is 0 Å². The van der Waals surface area contributed by atoms with E-state index in [0.29, 0.717) is 15.2 Å². The van der Waals surface area contributed by atoms with Crippen molar-refractivity contribution in [1.82, 2.24) is 0 Å². The Bertz CT molecular complexity index is 46.9. The van der Waals surface area contributed by atoms with Crippen molar-refractivity contribution in [2.75, 3.05) is 25.7 Å². The predicted molar refractivity (Wildman–Crippen MR) is 53.5 cm³/mol. The Kier molecular flexibility index (Phi) is 9.71. The molecule has 0 heterocycles. The van der Waals surface area contributed by atoms with Crippen molar-refractivity contribution in [2.24, 2.45) is 0 Å². The van der Waals surface area contributed by atoms with Crippen LogP contribution >= 0.6 is 15.2 Å². The van der Waals surface area contributed by atoms with Gasteiger partial charge in [-0.25, -0.2) is 0 Å². The van der Waals surface area contributed by atoms with Crippen molar-refractivity contribution < 1.29 is 0 Å². The van der Waals surface area contributed by atoms with Gasteiger partial charge in [-0.15, -0.1) is 0 Å². The number of hydrogen-bond acceptors (Lipinski definition) is 0. The van der Waals surface area contributed by atoms with Crippen LogP contribution in [0.4, 0.5) is 0 Å². The van der Waals surface area contributed by atoms with Crippen LogP contribution in [0.3, 0.4) is 0 Å². The van der Waals surface area contributed by atoms with Gasteiger partial charge in [0.05, 0.1) is 0 Å². The lowest BCUT2D eigenvalue weighted by Gasteiger charge is -2.16. The zero-order chi connectivity index (χ0) is 6.57. The molecule has 0 aliphatic carbocycles. The first kappa shape index (κ1) is 12.5. The monoisotopic (exact) mass is 166 g/mol. The van der Waals surface area contributed by atoms with Gasteiger partial charge in [0, 0.05) is 0 Å². The van der Waals surface area contributed by atoms with Crippen molar-refractivity contribution in [3.05, 3.63) is 0 Å². The Morgan fingerprint density at radius 3 is 1.22 bits per heavy atom. The predicted octanol–water partition coefficient (Wildman–Crippen LogP) is 3.80. The normalized spacial score (nSPS) is 16.0. The highest BCUT2D eigenvalue weighted by molar-refractivity contribution is 8.29. The third kappa shape index (κ3) is 5.31. The first-order valence-electron chi connectivity index (χ1n) is 3.14. The molecule has 0 aliphatic rings. The van der Waals surface area contributed by atoms with E-state index >= 15 is 0 Å². The summed E-state index contributed by atoms with van der Waals surface area (Å²) < 4.78 is 0. The van der Waals surface area contributed by atoms with Gasteiger partial charge in [-0.2, -0.15) is 0 Å². The maximum absolute atomic E-state index is 2.42. The van der Waals surface area contributed by atoms with Gasteiger partial charge in [-0.05, 0) is 25.7 Å². The molecular weight excluding hydrogens is 146 g/mol. The van der Waals surface area contributed by atoms with E-state index in [0.717, 1.165) is 0 Å². The van der Waals surface area contributed by atoms with Crippen LogP contribution in [0.25, 0.3) is 0 Å². The molecule has 0 aromatic carbocycles. The van der Waals surface area contributed by atoms with Gasteiger partial charge in [0.1, 0.15) is 0 Å². The van der Waals surface area contributed by atoms with E-state index in [1.165, 1.54) is 12.3 Å². The van der Waals surface area contributed by atoms with Crippen LogP contribution in [0, 0.1) is 0 Å². The van der Waals surface area contributed by atoms with Crippen LogP contribution in [-0.2, 0) is 0 Å². The molecule has 2 atom stereocenters. The van der Waals surface area contributed by atoms with E-state index in [9.17, 15) is 0 Å². The summed E-state index contributed by atoms with van der Waals surface area (Å²) in [5, 5.41) is 0. The van der Waals surface area contributed by atoms with Gasteiger partial charge in [-0.3, -0.25) is 0 Å². The molecule has 0 aromatic heterocycles. The number of hydrogen-bond donors (Lipinski definition) is 0. The average Bonchev–Trinajstić information content (AvgIpc) is 1.84. The first-order chi connectivity index (χ1) is 3.72. The molecule has 0 fully saturated rings. The summed E-state index contributed by atoms with van der Waals surface area (Å²) in [6.45, 7) is 9.45. The Hall–Kier alpha value is 0.860. The molecule has 0 aliphatic heterocycles. The second kappa shape index (κ2) is 6.97. The van der Waals surface area contributed by atoms with Gasteiger partial charge < -0.3 is 0 Å². The van der Waals surface area contributed by atoms with Crippen LogP contribution in [0.5, 0.6) is 0 Å². The van der Waals surface area contributed by atoms with E-state index in [1.54, 1.807) is 0 Å². The molecule has 0 nitrogen and oxygen atoms in total. The summed E-state index contributed by atoms with van der Waals surface area (Å²) in [6, 6.07) is 0. The smallest absolute Gasteiger partial charge is 0.0318 e. The lowest BCUT2D eigenvalue weighted by Crippen LogP contribution is -1.76. The standard InChI is InChI=1S/C6H16P2.CH4/c1-5-7(3)8(4)6-2;/h5-6H2,1-4H3;1H4. The van der Waals surface area contributed by atoms with Gasteiger partial charge in [-0.1, -0.05) is 36.5 Å². The summed E-state index contributed by atoms with van der Waals surface area (Å²) in [5.41, 5.74) is 0. The summed E-state index contributed by atoms with van der Waals surface area (Å²) in [7, 11) is 0.850. The van der Waals surface area contributed by atoms with Crippen molar-refractivity contribution >= 4 is 15.2 Å². The summed E-state index contributed by atoms with van der Waals surface area (Å²) in [5.74, 6) is 0. The minimum absolute atomic E-state index is 0. The molecule has 58 valence electrons. The molecule has 0 radical (unpaired) electrons. The molecule has 0 saturated heterocycles. The van der Waals surface area contributed by atoms with E-state index in [1.807, 2.05) is 0 Å². The Balaban J connectivity index is 0. The molecule has 0 aromatic rings. The topological polar surface area (TPSA) is 0 Å². The average molecular weight is 166 g/mol. The van der Waals surface area contributed by atoms with Crippen LogP contribution in [0.2, 0.25) is 0 Å². The molecule has 2 heteroatoms. The molecule has 0 saturated carbocycles. The SMILES string of the molecule is C.CCP(C)P(C)CC. The lowest BCUT2D eigenvalue weighted by molar-refractivity contribution is 1.49. The summed E-state index contributed by atoms with van der Waals surface area (Å²) in [6.07, 6.45) is 2.84. The minimum Gasteiger partial charge on any atom is -0.0847 e. The van der Waals surface area contributed by atoms with E-state index < -0.39 is 0 Å². The largest absolute Gasteiger partial charge is 0.0847 e. The maximum Gasteiger partial charge on any atom is -0.0318 e. The van der Waals surface area contributed by atoms with E-state index in [4.69, 9.17) is 0 Å². The Morgan fingerprint density at radius 1 is 0.889 bits per heavy atom. The second-order valence-corrected chi connectivity index (χ2v) is 9.94. The quantitative estimate of drug-likeness (QED) is 0.559.